The van der Waals surface area contributed by atoms with Crippen LogP contribution in [0.2, 0.25) is 0 Å². The number of benzene rings is 1. The van der Waals surface area contributed by atoms with E-state index in [2.05, 4.69) is 10.5 Å². The average Bonchev–Trinajstić information content (AvgIpc) is 2.13. The molecular formula is C10H8F5NO2. The first-order chi connectivity index (χ1) is 8.04. The summed E-state index contributed by atoms with van der Waals surface area (Å²) in [6, 6.07) is 2.10. The van der Waals surface area contributed by atoms with Crippen LogP contribution in [0.25, 0.3) is 0 Å². The number of nitrogens with two attached hydrogens (primary N) is 1. The van der Waals surface area contributed by atoms with Gasteiger partial charge in [0.1, 0.15) is 5.75 Å². The maximum Gasteiger partial charge on any atom is 0.573 e. The van der Waals surface area contributed by atoms with Gasteiger partial charge < -0.3 is 10.5 Å². The zero-order valence-corrected chi connectivity index (χ0v) is 9.02. The Morgan fingerprint density at radius 1 is 1.22 bits per heavy atom. The Morgan fingerprint density at radius 3 is 2.17 bits per heavy atom. The van der Waals surface area contributed by atoms with Crippen molar-refractivity contribution in [2.45, 2.75) is 19.2 Å². The van der Waals surface area contributed by atoms with Gasteiger partial charge in [-0.25, -0.2) is 0 Å². The van der Waals surface area contributed by atoms with Gasteiger partial charge in [-0.05, 0) is 30.7 Å². The number of rotatable bonds is 3. The van der Waals surface area contributed by atoms with Gasteiger partial charge >= 0.3 is 12.3 Å². The molecule has 0 aliphatic carbocycles. The highest BCUT2D eigenvalue weighted by molar-refractivity contribution is 5.83. The van der Waals surface area contributed by atoms with Crippen molar-refractivity contribution in [3.8, 4) is 5.75 Å². The topological polar surface area (TPSA) is 52.3 Å². The van der Waals surface area contributed by atoms with Gasteiger partial charge in [0.15, 0.2) is 0 Å². The van der Waals surface area contributed by atoms with E-state index >= 15 is 0 Å². The minimum Gasteiger partial charge on any atom is -0.406 e. The molecule has 8 heteroatoms. The van der Waals surface area contributed by atoms with Crippen LogP contribution in [0.4, 0.5) is 22.0 Å². The highest BCUT2D eigenvalue weighted by atomic mass is 19.4. The lowest BCUT2D eigenvalue weighted by atomic mass is 10.0. The number of alkyl halides is 5. The molecule has 0 heterocycles. The second-order valence-electron chi connectivity index (χ2n) is 3.46. The van der Waals surface area contributed by atoms with Gasteiger partial charge in [0, 0.05) is 5.56 Å². The molecule has 0 bridgehead atoms. The van der Waals surface area contributed by atoms with Crippen LogP contribution in [0.5, 0.6) is 5.75 Å². The van der Waals surface area contributed by atoms with Crippen LogP contribution in [0.15, 0.2) is 18.2 Å². The summed E-state index contributed by atoms with van der Waals surface area (Å²) in [5.41, 5.74) is 3.52. The maximum absolute atomic E-state index is 13.3. The molecule has 1 aromatic carbocycles. The van der Waals surface area contributed by atoms with Crippen LogP contribution in [0.1, 0.15) is 11.1 Å². The molecule has 0 saturated carbocycles. The third kappa shape index (κ3) is 3.08. The highest BCUT2D eigenvalue weighted by Gasteiger charge is 2.40. The van der Waals surface area contributed by atoms with E-state index in [1.807, 2.05) is 0 Å². The molecule has 100 valence electrons. The van der Waals surface area contributed by atoms with Crippen LogP contribution in [-0.4, -0.2) is 12.3 Å². The molecule has 0 atom stereocenters. The lowest BCUT2D eigenvalue weighted by Gasteiger charge is -2.16. The first-order valence-corrected chi connectivity index (χ1v) is 4.58. The standard InChI is InChI=1S/C10H8F5NO2/c1-5-4-6(18-10(13,14)15)2-3-7(5)9(11,12)8(16)17/h2-4H,1H3,(H2,16,17). The van der Waals surface area contributed by atoms with E-state index in [1.165, 1.54) is 0 Å². The summed E-state index contributed by atoms with van der Waals surface area (Å²) in [6.45, 7) is 1.12. The summed E-state index contributed by atoms with van der Waals surface area (Å²) < 4.78 is 65.8. The Hall–Kier alpha value is -1.86. The van der Waals surface area contributed by atoms with Crippen molar-refractivity contribution in [2.75, 3.05) is 0 Å². The van der Waals surface area contributed by atoms with E-state index in [0.29, 0.717) is 12.1 Å². The number of amides is 1. The lowest BCUT2D eigenvalue weighted by molar-refractivity contribution is -0.274. The molecule has 0 spiro atoms. The Labute approximate surface area is 98.3 Å². The number of aryl methyl sites for hydroxylation is 1. The Balaban J connectivity index is 3.11. The van der Waals surface area contributed by atoms with E-state index in [0.717, 1.165) is 13.0 Å². The third-order valence-electron chi connectivity index (χ3n) is 2.08. The van der Waals surface area contributed by atoms with Crippen molar-refractivity contribution in [2.24, 2.45) is 5.73 Å². The van der Waals surface area contributed by atoms with Gasteiger partial charge in [-0.2, -0.15) is 8.78 Å². The van der Waals surface area contributed by atoms with Gasteiger partial charge in [0.05, 0.1) is 0 Å². The fourth-order valence-corrected chi connectivity index (χ4v) is 1.32. The molecule has 0 aliphatic rings. The van der Waals surface area contributed by atoms with Crippen molar-refractivity contribution >= 4 is 5.91 Å². The van der Waals surface area contributed by atoms with E-state index in [1.54, 1.807) is 0 Å². The number of hydrogen-bond donors (Lipinski definition) is 1. The molecule has 1 rings (SSSR count). The maximum atomic E-state index is 13.3. The van der Waals surface area contributed by atoms with E-state index in [4.69, 9.17) is 0 Å². The molecular weight excluding hydrogens is 261 g/mol. The second kappa shape index (κ2) is 4.43. The van der Waals surface area contributed by atoms with Crippen LogP contribution < -0.4 is 10.5 Å². The van der Waals surface area contributed by atoms with Crippen molar-refractivity contribution in [3.05, 3.63) is 29.3 Å². The van der Waals surface area contributed by atoms with E-state index in [-0.39, 0.29) is 5.56 Å². The lowest BCUT2D eigenvalue weighted by Crippen LogP contribution is -2.33. The predicted molar refractivity (Wildman–Crippen MR) is 51.0 cm³/mol. The monoisotopic (exact) mass is 269 g/mol. The smallest absolute Gasteiger partial charge is 0.406 e. The first kappa shape index (κ1) is 14.2. The van der Waals surface area contributed by atoms with Crippen molar-refractivity contribution < 1.29 is 31.5 Å². The average molecular weight is 269 g/mol. The molecule has 0 aromatic heterocycles. The summed E-state index contributed by atoms with van der Waals surface area (Å²) in [4.78, 5) is 10.5. The molecule has 18 heavy (non-hydrogen) atoms. The first-order valence-electron chi connectivity index (χ1n) is 4.58. The Morgan fingerprint density at radius 2 is 1.78 bits per heavy atom. The number of primary amides is 1. The van der Waals surface area contributed by atoms with Crippen molar-refractivity contribution in [3.63, 3.8) is 0 Å². The summed E-state index contributed by atoms with van der Waals surface area (Å²) in [5.74, 6) is -6.47. The zero-order valence-electron chi connectivity index (χ0n) is 9.02. The van der Waals surface area contributed by atoms with Gasteiger partial charge in [0.25, 0.3) is 5.91 Å². The van der Waals surface area contributed by atoms with Gasteiger partial charge in [-0.1, -0.05) is 0 Å². The molecule has 3 nitrogen and oxygen atoms in total. The second-order valence-corrected chi connectivity index (χ2v) is 3.46. The van der Waals surface area contributed by atoms with Gasteiger partial charge in [-0.3, -0.25) is 4.79 Å². The molecule has 1 aromatic rings. The molecule has 1 amide bonds. The van der Waals surface area contributed by atoms with E-state index < -0.39 is 29.5 Å². The molecule has 0 aliphatic heterocycles. The summed E-state index contributed by atoms with van der Waals surface area (Å²) in [6.07, 6.45) is -4.92. The van der Waals surface area contributed by atoms with Gasteiger partial charge in [-0.15, -0.1) is 13.2 Å². The summed E-state index contributed by atoms with van der Waals surface area (Å²) in [5, 5.41) is 0. The number of carbonyl (C=O) groups is 1. The van der Waals surface area contributed by atoms with Crippen molar-refractivity contribution in [1.82, 2.24) is 0 Å². The molecule has 0 unspecified atom stereocenters. The van der Waals surface area contributed by atoms with Crippen LogP contribution in [-0.2, 0) is 10.7 Å². The minimum atomic E-state index is -4.92. The SMILES string of the molecule is Cc1cc(OC(F)(F)F)ccc1C(F)(F)C(N)=O. The Bertz CT molecular complexity index is 470. The fraction of sp³-hybridized carbons (Fsp3) is 0.300. The molecule has 0 radical (unpaired) electrons. The quantitative estimate of drug-likeness (QED) is 0.857. The fourth-order valence-electron chi connectivity index (χ4n) is 1.32. The third-order valence-corrected chi connectivity index (χ3v) is 2.08. The van der Waals surface area contributed by atoms with Gasteiger partial charge in [0.2, 0.25) is 0 Å². The number of hydrogen-bond acceptors (Lipinski definition) is 2. The highest BCUT2D eigenvalue weighted by Crippen LogP contribution is 2.33. The molecule has 0 fully saturated rings. The van der Waals surface area contributed by atoms with Crippen LogP contribution >= 0.6 is 0 Å². The number of halogens is 5. The summed E-state index contributed by atoms with van der Waals surface area (Å²) >= 11 is 0. The number of carbonyl (C=O) groups excluding carboxylic acids is 1. The zero-order chi connectivity index (χ0) is 14.1. The molecule has 0 saturated heterocycles. The minimum absolute atomic E-state index is 0.236. The normalized spacial score (nSPS) is 12.3. The van der Waals surface area contributed by atoms with Crippen LogP contribution in [0, 0.1) is 6.92 Å². The number of ether oxygens (including phenoxy) is 1. The van der Waals surface area contributed by atoms with Crippen molar-refractivity contribution in [1.29, 1.82) is 0 Å². The largest absolute Gasteiger partial charge is 0.573 e. The molecule has 2 N–H and O–H groups in total. The Kier molecular flexibility index (Phi) is 3.50. The summed E-state index contributed by atoms with van der Waals surface area (Å²) in [7, 11) is 0. The predicted octanol–water partition coefficient (Wildman–Crippen LogP) is 2.47. The van der Waals surface area contributed by atoms with Crippen LogP contribution in [0.3, 0.4) is 0 Å². The van der Waals surface area contributed by atoms with E-state index in [9.17, 15) is 26.7 Å².